The van der Waals surface area contributed by atoms with Gasteiger partial charge in [0.2, 0.25) is 4.96 Å². The molecule has 8 heteroatoms. The van der Waals surface area contributed by atoms with Gasteiger partial charge >= 0.3 is 5.97 Å². The van der Waals surface area contributed by atoms with E-state index in [9.17, 15) is 9.59 Å². The lowest BCUT2D eigenvalue weighted by Crippen LogP contribution is -2.13. The number of amides is 1. The van der Waals surface area contributed by atoms with Crippen molar-refractivity contribution in [3.63, 3.8) is 0 Å². The van der Waals surface area contributed by atoms with E-state index in [0.29, 0.717) is 16.3 Å². The number of aromatic nitrogens is 3. The number of benzene rings is 2. The van der Waals surface area contributed by atoms with Crippen LogP contribution < -0.4 is 10.1 Å². The van der Waals surface area contributed by atoms with Gasteiger partial charge in [-0.2, -0.15) is 4.98 Å². The first kappa shape index (κ1) is 17.9. The summed E-state index contributed by atoms with van der Waals surface area (Å²) in [6.45, 7) is 3.36. The third-order valence-corrected chi connectivity index (χ3v) is 4.85. The van der Waals surface area contributed by atoms with E-state index in [1.54, 1.807) is 28.8 Å². The van der Waals surface area contributed by atoms with Crippen molar-refractivity contribution in [2.75, 3.05) is 5.32 Å². The summed E-state index contributed by atoms with van der Waals surface area (Å²) in [4.78, 5) is 28.5. The normalized spacial score (nSPS) is 10.8. The van der Waals surface area contributed by atoms with Gasteiger partial charge in [-0.1, -0.05) is 29.8 Å². The maximum Gasteiger partial charge on any atom is 0.308 e. The minimum Gasteiger partial charge on any atom is -0.427 e. The highest BCUT2D eigenvalue weighted by Crippen LogP contribution is 2.26. The van der Waals surface area contributed by atoms with Crippen molar-refractivity contribution in [3.05, 3.63) is 65.0 Å². The molecule has 2 aromatic carbocycles. The molecule has 2 aromatic heterocycles. The number of carbonyl (C=O) groups excluding carboxylic acids is 2. The lowest BCUT2D eigenvalue weighted by molar-refractivity contribution is -0.131. The second kappa shape index (κ2) is 7.24. The van der Waals surface area contributed by atoms with Crippen molar-refractivity contribution in [1.82, 2.24) is 14.6 Å². The fraction of sp³-hybridized carbons (Fsp3) is 0.100. The van der Waals surface area contributed by atoms with Crippen LogP contribution in [0.1, 0.15) is 22.8 Å². The predicted octanol–water partition coefficient (Wildman–Crippen LogP) is 3.94. The maximum atomic E-state index is 12.4. The Balaban J connectivity index is 1.54. The average Bonchev–Trinajstić information content (AvgIpc) is 3.23. The second-order valence-corrected chi connectivity index (χ2v) is 7.03. The number of hydrogen-bond acceptors (Lipinski definition) is 6. The number of anilines is 1. The van der Waals surface area contributed by atoms with E-state index in [0.717, 1.165) is 11.3 Å². The van der Waals surface area contributed by atoms with Crippen molar-refractivity contribution in [2.45, 2.75) is 13.8 Å². The highest BCUT2D eigenvalue weighted by atomic mass is 32.1. The number of esters is 1. The Morgan fingerprint density at radius 1 is 1.07 bits per heavy atom. The zero-order chi connectivity index (χ0) is 19.7. The van der Waals surface area contributed by atoms with Gasteiger partial charge in [0.05, 0.1) is 5.69 Å². The first-order valence-corrected chi connectivity index (χ1v) is 9.39. The molecule has 1 amide bonds. The molecule has 140 valence electrons. The number of thiazole rings is 1. The molecule has 0 radical (unpaired) electrons. The molecule has 0 aliphatic carbocycles. The van der Waals surface area contributed by atoms with E-state index < -0.39 is 5.97 Å². The van der Waals surface area contributed by atoms with Crippen LogP contribution in [0.2, 0.25) is 0 Å². The van der Waals surface area contributed by atoms with Crippen LogP contribution >= 0.6 is 11.3 Å². The summed E-state index contributed by atoms with van der Waals surface area (Å²) < 4.78 is 6.68. The number of rotatable bonds is 4. The zero-order valence-corrected chi connectivity index (χ0v) is 16.0. The van der Waals surface area contributed by atoms with E-state index in [4.69, 9.17) is 4.74 Å². The van der Waals surface area contributed by atoms with Gasteiger partial charge in [-0.25, -0.2) is 4.52 Å². The van der Waals surface area contributed by atoms with Crippen molar-refractivity contribution in [3.8, 4) is 17.0 Å². The highest BCUT2D eigenvalue weighted by Gasteiger charge is 2.14. The molecule has 0 aliphatic heterocycles. The van der Waals surface area contributed by atoms with Gasteiger partial charge in [0.25, 0.3) is 11.9 Å². The number of carbonyl (C=O) groups is 2. The summed E-state index contributed by atoms with van der Waals surface area (Å²) in [6, 6.07) is 14.4. The first-order valence-electron chi connectivity index (χ1n) is 8.51. The number of nitrogens with one attached hydrogen (secondary N) is 1. The predicted molar refractivity (Wildman–Crippen MR) is 107 cm³/mol. The number of nitrogens with zero attached hydrogens (tertiary/aromatic N) is 3. The van der Waals surface area contributed by atoms with Crippen molar-refractivity contribution in [2.24, 2.45) is 0 Å². The molecule has 0 saturated carbocycles. The third kappa shape index (κ3) is 3.63. The summed E-state index contributed by atoms with van der Waals surface area (Å²) in [6.07, 6.45) is 0. The van der Waals surface area contributed by atoms with Crippen LogP contribution in [-0.4, -0.2) is 26.5 Å². The van der Waals surface area contributed by atoms with Crippen LogP contribution in [0, 0.1) is 6.92 Å². The molecule has 4 aromatic rings. The van der Waals surface area contributed by atoms with Gasteiger partial charge < -0.3 is 4.74 Å². The van der Waals surface area contributed by atoms with Gasteiger partial charge in [-0.05, 0) is 31.2 Å². The first-order chi connectivity index (χ1) is 13.5. The molecular weight excluding hydrogens is 376 g/mol. The molecule has 0 spiro atoms. The van der Waals surface area contributed by atoms with Crippen molar-refractivity contribution >= 4 is 34.1 Å². The molecule has 0 atom stereocenters. The molecule has 0 bridgehead atoms. The Bertz CT molecular complexity index is 1160. The monoisotopic (exact) mass is 392 g/mol. The van der Waals surface area contributed by atoms with Crippen LogP contribution in [0.15, 0.2) is 53.9 Å². The Hall–Kier alpha value is -3.52. The Morgan fingerprint density at radius 3 is 2.46 bits per heavy atom. The van der Waals surface area contributed by atoms with E-state index in [2.05, 4.69) is 15.4 Å². The number of hydrogen-bond donors (Lipinski definition) is 1. The minimum atomic E-state index is -0.413. The summed E-state index contributed by atoms with van der Waals surface area (Å²) in [5.74, 6) is -0.143. The summed E-state index contributed by atoms with van der Waals surface area (Å²) in [7, 11) is 0. The van der Waals surface area contributed by atoms with Gasteiger partial charge in [0.15, 0.2) is 0 Å². The fourth-order valence-electron chi connectivity index (χ4n) is 2.67. The quantitative estimate of drug-likeness (QED) is 0.420. The van der Waals surface area contributed by atoms with E-state index in [1.807, 2.05) is 36.6 Å². The van der Waals surface area contributed by atoms with E-state index >= 15 is 0 Å². The van der Waals surface area contributed by atoms with Gasteiger partial charge in [0.1, 0.15) is 5.75 Å². The SMILES string of the molecule is CC(=O)Oc1ccc(C(=O)Nc2nc3scc(-c4ccc(C)cc4)n3n2)cc1. The molecule has 0 aliphatic rings. The van der Waals surface area contributed by atoms with Crippen LogP contribution in [0.25, 0.3) is 16.2 Å². The molecule has 4 rings (SSSR count). The molecule has 7 nitrogen and oxygen atoms in total. The Kier molecular flexibility index (Phi) is 4.62. The smallest absolute Gasteiger partial charge is 0.308 e. The van der Waals surface area contributed by atoms with E-state index in [-0.39, 0.29) is 11.9 Å². The van der Waals surface area contributed by atoms with E-state index in [1.165, 1.54) is 23.8 Å². The zero-order valence-electron chi connectivity index (χ0n) is 15.2. The molecule has 28 heavy (non-hydrogen) atoms. The minimum absolute atomic E-state index is 0.231. The van der Waals surface area contributed by atoms with Crippen LogP contribution in [0.5, 0.6) is 5.75 Å². The van der Waals surface area contributed by atoms with Crippen molar-refractivity contribution in [1.29, 1.82) is 0 Å². The van der Waals surface area contributed by atoms with Crippen LogP contribution in [0.4, 0.5) is 5.95 Å². The largest absolute Gasteiger partial charge is 0.427 e. The topological polar surface area (TPSA) is 85.6 Å². The molecule has 0 saturated heterocycles. The molecular formula is C20H16N4O3S. The van der Waals surface area contributed by atoms with Gasteiger partial charge in [-0.15, -0.1) is 16.4 Å². The van der Waals surface area contributed by atoms with Gasteiger partial charge in [-0.3, -0.25) is 14.9 Å². The Labute approximate surface area is 164 Å². The maximum absolute atomic E-state index is 12.4. The number of ether oxygens (including phenoxy) is 1. The number of fused-ring (bicyclic) bond motifs is 1. The lowest BCUT2D eigenvalue weighted by atomic mass is 10.1. The highest BCUT2D eigenvalue weighted by molar-refractivity contribution is 7.15. The average molecular weight is 392 g/mol. The summed E-state index contributed by atoms with van der Waals surface area (Å²) in [5, 5.41) is 9.09. The lowest BCUT2D eigenvalue weighted by Gasteiger charge is -2.03. The van der Waals surface area contributed by atoms with Crippen LogP contribution in [0.3, 0.4) is 0 Å². The van der Waals surface area contributed by atoms with Gasteiger partial charge in [0, 0.05) is 23.4 Å². The number of aryl methyl sites for hydroxylation is 1. The molecule has 1 N–H and O–H groups in total. The molecule has 0 unspecified atom stereocenters. The molecule has 0 fully saturated rings. The Morgan fingerprint density at radius 2 is 1.79 bits per heavy atom. The van der Waals surface area contributed by atoms with Crippen LogP contribution in [-0.2, 0) is 4.79 Å². The third-order valence-electron chi connectivity index (χ3n) is 4.03. The summed E-state index contributed by atoms with van der Waals surface area (Å²) in [5.41, 5.74) is 3.54. The van der Waals surface area contributed by atoms with Crippen molar-refractivity contribution < 1.29 is 14.3 Å². The standard InChI is InChI=1S/C20H16N4O3S/c1-12-3-5-14(6-4-12)17-11-28-20-22-19(23-24(17)20)21-18(26)15-7-9-16(10-8-15)27-13(2)25/h3-11H,1-2H3,(H,21,23,26). The fourth-order valence-corrected chi connectivity index (χ4v) is 3.50. The molecule has 2 heterocycles. The second-order valence-electron chi connectivity index (χ2n) is 6.19. The summed E-state index contributed by atoms with van der Waals surface area (Å²) >= 11 is 1.45.